The molecule has 0 radical (unpaired) electrons. The minimum absolute atomic E-state index is 0.0360. The summed E-state index contributed by atoms with van der Waals surface area (Å²) in [4.78, 5) is 36.3. The molecule has 0 fully saturated rings. The Morgan fingerprint density at radius 3 is 1.53 bits per heavy atom. The second-order valence-corrected chi connectivity index (χ2v) is 11.2. The molecule has 0 aromatic heterocycles. The number of ketones is 1. The van der Waals surface area contributed by atoms with Gasteiger partial charge in [0.25, 0.3) is 10.1 Å². The molecule has 0 unspecified atom stereocenters. The average molecular weight is 453 g/mol. The molecule has 0 bridgehead atoms. The molecule has 30 heavy (non-hydrogen) atoms. The highest BCUT2D eigenvalue weighted by Gasteiger charge is 2.30. The number of ether oxygens (including phenoxy) is 2. The van der Waals surface area contributed by atoms with Crippen molar-refractivity contribution >= 4 is 28.1 Å². The molecule has 0 aromatic rings. The van der Waals surface area contributed by atoms with Crippen molar-refractivity contribution in [2.75, 3.05) is 26.0 Å². The maximum atomic E-state index is 12.3. The van der Waals surface area contributed by atoms with Crippen LogP contribution in [0.5, 0.6) is 0 Å². The normalized spacial score (nSPS) is 12.8. The molecular weight excluding hydrogens is 416 g/mol. The van der Waals surface area contributed by atoms with E-state index in [-0.39, 0.29) is 38.3 Å². The highest BCUT2D eigenvalue weighted by atomic mass is 32.2. The summed E-state index contributed by atoms with van der Waals surface area (Å²) >= 11 is 0. The number of carbonyl (C=O) groups excluding carboxylic acids is 3. The van der Waals surface area contributed by atoms with Gasteiger partial charge in [-0.25, -0.2) is 9.59 Å². The van der Waals surface area contributed by atoms with Crippen LogP contribution in [0.1, 0.15) is 61.3 Å². The smallest absolute Gasteiger partial charge is 0.407 e. The summed E-state index contributed by atoms with van der Waals surface area (Å²) < 4.78 is 37.0. The van der Waals surface area contributed by atoms with Crippen LogP contribution in [0.3, 0.4) is 0 Å². The summed E-state index contributed by atoms with van der Waals surface area (Å²) in [6.07, 6.45) is -0.567. The first kappa shape index (κ1) is 28.1. The molecule has 0 aliphatic rings. The Kier molecular flexibility index (Phi) is 10.3. The van der Waals surface area contributed by atoms with Crippen molar-refractivity contribution in [3.05, 3.63) is 0 Å². The Morgan fingerprint density at radius 2 is 1.20 bits per heavy atom. The third-order valence-electron chi connectivity index (χ3n) is 3.42. The highest BCUT2D eigenvalue weighted by molar-refractivity contribution is 7.85. The van der Waals surface area contributed by atoms with Crippen LogP contribution < -0.4 is 10.6 Å². The lowest BCUT2D eigenvalue weighted by atomic mass is 9.84. The van der Waals surface area contributed by atoms with Gasteiger partial charge in [-0.2, -0.15) is 8.42 Å². The van der Waals surface area contributed by atoms with E-state index in [0.29, 0.717) is 0 Å². The van der Waals surface area contributed by atoms with Crippen LogP contribution in [-0.4, -0.2) is 63.5 Å². The molecule has 2 N–H and O–H groups in total. The zero-order valence-electron chi connectivity index (χ0n) is 19.2. The highest BCUT2D eigenvalue weighted by Crippen LogP contribution is 2.22. The van der Waals surface area contributed by atoms with Gasteiger partial charge < -0.3 is 20.1 Å². The van der Waals surface area contributed by atoms with Crippen molar-refractivity contribution in [2.24, 2.45) is 5.41 Å². The second kappa shape index (κ2) is 10.9. The first-order valence-corrected chi connectivity index (χ1v) is 11.4. The van der Waals surface area contributed by atoms with Gasteiger partial charge in [0.05, 0.1) is 12.9 Å². The van der Waals surface area contributed by atoms with Crippen LogP contribution in [0.2, 0.25) is 0 Å². The molecule has 2 amide bonds. The van der Waals surface area contributed by atoms with Crippen LogP contribution in [0.15, 0.2) is 0 Å². The predicted octanol–water partition coefficient (Wildman–Crippen LogP) is 2.37. The SMILES string of the molecule is CC(CNC(=O)OC(C)(C)C)(CNC(=O)OC(C)(C)C)CC(=O)CCOS(C)(=O)=O. The van der Waals surface area contributed by atoms with Crippen molar-refractivity contribution in [3.8, 4) is 0 Å². The van der Waals surface area contributed by atoms with Crippen LogP contribution in [0, 0.1) is 5.41 Å². The van der Waals surface area contributed by atoms with E-state index >= 15 is 0 Å². The minimum Gasteiger partial charge on any atom is -0.444 e. The van der Waals surface area contributed by atoms with Crippen LogP contribution >= 0.6 is 0 Å². The van der Waals surface area contributed by atoms with E-state index in [1.165, 1.54) is 0 Å². The fourth-order valence-corrected chi connectivity index (χ4v) is 2.64. The average Bonchev–Trinajstić information content (AvgIpc) is 2.46. The Morgan fingerprint density at radius 1 is 0.800 bits per heavy atom. The topological polar surface area (TPSA) is 137 Å². The lowest BCUT2D eigenvalue weighted by Gasteiger charge is -2.31. The number of amides is 2. The maximum Gasteiger partial charge on any atom is 0.407 e. The van der Waals surface area contributed by atoms with Gasteiger partial charge in [-0.1, -0.05) is 6.92 Å². The van der Waals surface area contributed by atoms with Crippen LogP contribution in [0.4, 0.5) is 9.59 Å². The molecule has 0 spiro atoms. The number of hydrogen-bond acceptors (Lipinski definition) is 8. The third-order valence-corrected chi connectivity index (χ3v) is 4.01. The van der Waals surface area contributed by atoms with Gasteiger partial charge >= 0.3 is 12.2 Å². The molecule has 0 aliphatic heterocycles. The lowest BCUT2D eigenvalue weighted by molar-refractivity contribution is -0.121. The summed E-state index contributed by atoms with van der Waals surface area (Å²) in [6.45, 7) is 11.9. The van der Waals surface area contributed by atoms with Crippen molar-refractivity contribution in [1.82, 2.24) is 10.6 Å². The molecule has 0 rings (SSSR count). The summed E-state index contributed by atoms with van der Waals surface area (Å²) in [5, 5.41) is 5.21. The van der Waals surface area contributed by atoms with E-state index in [0.717, 1.165) is 6.26 Å². The molecule has 0 saturated carbocycles. The molecule has 0 heterocycles. The van der Waals surface area contributed by atoms with E-state index in [1.807, 2.05) is 0 Å². The largest absolute Gasteiger partial charge is 0.444 e. The molecule has 11 heteroatoms. The van der Waals surface area contributed by atoms with Gasteiger partial charge in [0.15, 0.2) is 0 Å². The molecule has 176 valence electrons. The Hall–Kier alpha value is -1.88. The van der Waals surface area contributed by atoms with Gasteiger partial charge in [-0.3, -0.25) is 8.98 Å². The molecule has 10 nitrogen and oxygen atoms in total. The van der Waals surface area contributed by atoms with Crippen molar-refractivity contribution in [2.45, 2.75) is 72.5 Å². The first-order chi connectivity index (χ1) is 13.3. The van der Waals surface area contributed by atoms with Crippen molar-refractivity contribution in [3.63, 3.8) is 0 Å². The molecule has 0 atom stereocenters. The number of hydrogen-bond donors (Lipinski definition) is 2. The summed E-state index contributed by atoms with van der Waals surface area (Å²) in [5.41, 5.74) is -2.24. The predicted molar refractivity (Wildman–Crippen MR) is 112 cm³/mol. The number of Topliss-reactive ketones (excluding diaryl/α,β-unsaturated/α-hetero) is 1. The van der Waals surface area contributed by atoms with Gasteiger partial charge in [0, 0.05) is 31.3 Å². The molecule has 0 aromatic carbocycles. The van der Waals surface area contributed by atoms with E-state index in [2.05, 4.69) is 14.8 Å². The van der Waals surface area contributed by atoms with Crippen molar-refractivity contribution in [1.29, 1.82) is 0 Å². The summed E-state index contributed by atoms with van der Waals surface area (Å²) in [6, 6.07) is 0. The van der Waals surface area contributed by atoms with Gasteiger partial charge in [-0.15, -0.1) is 0 Å². The summed E-state index contributed by atoms with van der Waals surface area (Å²) in [7, 11) is -3.64. The van der Waals surface area contributed by atoms with Crippen LogP contribution in [-0.2, 0) is 28.6 Å². The number of carbonyl (C=O) groups is 3. The standard InChI is InChI=1S/C19H36N2O8S/c1-17(2,3)28-15(23)20-12-19(7,13-21-16(24)29-18(4,5)6)11-14(22)9-10-27-30(8,25)26/h9-13H2,1-8H3,(H,20,23)(H,21,24). The van der Waals surface area contributed by atoms with Crippen molar-refractivity contribution < 1.29 is 36.5 Å². The molecular formula is C19H36N2O8S. The Bertz CT molecular complexity index is 673. The molecule has 0 aliphatic carbocycles. The fraction of sp³-hybridized carbons (Fsp3) is 0.842. The number of alkyl carbamates (subject to hydrolysis) is 2. The van der Waals surface area contributed by atoms with E-state index in [1.54, 1.807) is 48.5 Å². The molecule has 0 saturated heterocycles. The Balaban J connectivity index is 5.02. The van der Waals surface area contributed by atoms with E-state index < -0.39 is 38.9 Å². The van der Waals surface area contributed by atoms with Gasteiger partial charge in [-0.05, 0) is 41.5 Å². The first-order valence-electron chi connectivity index (χ1n) is 9.60. The lowest BCUT2D eigenvalue weighted by Crippen LogP contribution is -2.46. The van der Waals surface area contributed by atoms with Crippen LogP contribution in [0.25, 0.3) is 0 Å². The number of rotatable bonds is 10. The minimum atomic E-state index is -3.64. The maximum absolute atomic E-state index is 12.3. The van der Waals surface area contributed by atoms with E-state index in [4.69, 9.17) is 9.47 Å². The summed E-state index contributed by atoms with van der Waals surface area (Å²) in [5.74, 6) is -0.280. The third kappa shape index (κ3) is 16.0. The van der Waals surface area contributed by atoms with Gasteiger partial charge in [0.2, 0.25) is 0 Å². The Labute approximate surface area is 179 Å². The fourth-order valence-electron chi connectivity index (χ4n) is 2.26. The quantitative estimate of drug-likeness (QED) is 0.482. The number of nitrogens with one attached hydrogen (secondary N) is 2. The van der Waals surface area contributed by atoms with E-state index in [9.17, 15) is 22.8 Å². The zero-order chi connectivity index (χ0) is 23.8. The zero-order valence-corrected chi connectivity index (χ0v) is 20.0. The second-order valence-electron chi connectivity index (χ2n) is 9.51. The van der Waals surface area contributed by atoms with Gasteiger partial charge in [0.1, 0.15) is 17.0 Å². The monoisotopic (exact) mass is 452 g/mol.